The Balaban J connectivity index is 2.54. The van der Waals surface area contributed by atoms with Crippen molar-refractivity contribution in [3.8, 4) is 11.8 Å². The maximum Gasteiger partial charge on any atom is 0.390 e. The predicted molar refractivity (Wildman–Crippen MR) is 63.4 cm³/mol. The van der Waals surface area contributed by atoms with E-state index in [4.69, 9.17) is 5.11 Å². The topological polar surface area (TPSA) is 49.3 Å². The third-order valence-corrected chi connectivity index (χ3v) is 2.15. The average molecular weight is 271 g/mol. The third-order valence-electron chi connectivity index (χ3n) is 2.15. The van der Waals surface area contributed by atoms with E-state index < -0.39 is 25.0 Å². The molecule has 3 nitrogen and oxygen atoms in total. The maximum absolute atomic E-state index is 11.9. The molecular formula is C13H12F3NO2. The van der Waals surface area contributed by atoms with E-state index in [2.05, 4.69) is 17.2 Å². The van der Waals surface area contributed by atoms with Crippen LogP contribution in [0.2, 0.25) is 0 Å². The summed E-state index contributed by atoms with van der Waals surface area (Å²) in [5, 5.41) is 10.7. The van der Waals surface area contributed by atoms with Crippen LogP contribution in [0.5, 0.6) is 0 Å². The average Bonchev–Trinajstić information content (AvgIpc) is 2.35. The number of rotatable bonds is 3. The molecule has 0 aromatic heterocycles. The van der Waals surface area contributed by atoms with Crippen molar-refractivity contribution < 1.29 is 23.1 Å². The minimum atomic E-state index is -4.28. The highest BCUT2D eigenvalue weighted by Gasteiger charge is 2.26. The molecule has 0 saturated heterocycles. The van der Waals surface area contributed by atoms with Gasteiger partial charge in [0, 0.05) is 17.7 Å². The fourth-order valence-corrected chi connectivity index (χ4v) is 1.27. The Bertz CT molecular complexity index is 483. The highest BCUT2D eigenvalue weighted by Crippen LogP contribution is 2.18. The molecule has 102 valence electrons. The van der Waals surface area contributed by atoms with E-state index in [9.17, 15) is 18.0 Å². The second kappa shape index (κ2) is 6.81. The van der Waals surface area contributed by atoms with E-state index in [1.165, 1.54) is 12.1 Å². The molecule has 0 spiro atoms. The molecule has 6 heteroatoms. The molecule has 1 aromatic rings. The Morgan fingerprint density at radius 2 is 1.89 bits per heavy atom. The van der Waals surface area contributed by atoms with Gasteiger partial charge in [0.2, 0.25) is 0 Å². The molecule has 0 aliphatic rings. The van der Waals surface area contributed by atoms with Gasteiger partial charge in [0.1, 0.15) is 6.61 Å². The number of alkyl halides is 3. The molecule has 0 fully saturated rings. The van der Waals surface area contributed by atoms with Crippen molar-refractivity contribution in [3.05, 3.63) is 35.4 Å². The molecule has 0 saturated carbocycles. The van der Waals surface area contributed by atoms with Gasteiger partial charge in [0.25, 0.3) is 5.91 Å². The van der Waals surface area contributed by atoms with Gasteiger partial charge in [-0.15, -0.1) is 0 Å². The molecular weight excluding hydrogens is 259 g/mol. The summed E-state index contributed by atoms with van der Waals surface area (Å²) in [6.45, 7) is -0.714. The van der Waals surface area contributed by atoms with Crippen LogP contribution in [-0.4, -0.2) is 30.3 Å². The van der Waals surface area contributed by atoms with Crippen LogP contribution in [-0.2, 0) is 0 Å². The zero-order chi connectivity index (χ0) is 14.3. The fraction of sp³-hybridized carbons (Fsp3) is 0.308. The van der Waals surface area contributed by atoms with E-state index in [-0.39, 0.29) is 12.2 Å². The van der Waals surface area contributed by atoms with Gasteiger partial charge in [-0.2, -0.15) is 13.2 Å². The van der Waals surface area contributed by atoms with E-state index in [0.29, 0.717) is 5.56 Å². The van der Waals surface area contributed by atoms with Gasteiger partial charge in [-0.25, -0.2) is 0 Å². The number of carbonyl (C=O) groups is 1. The van der Waals surface area contributed by atoms with Crippen LogP contribution in [0.4, 0.5) is 13.2 Å². The van der Waals surface area contributed by atoms with Crippen LogP contribution in [0.25, 0.3) is 0 Å². The first-order valence-corrected chi connectivity index (χ1v) is 5.47. The van der Waals surface area contributed by atoms with Crippen LogP contribution in [0, 0.1) is 11.8 Å². The van der Waals surface area contributed by atoms with Crippen LogP contribution < -0.4 is 5.32 Å². The summed E-state index contributed by atoms with van der Waals surface area (Å²) in [4.78, 5) is 11.5. The molecule has 0 bridgehead atoms. The van der Waals surface area contributed by atoms with E-state index in [0.717, 1.165) is 0 Å². The van der Waals surface area contributed by atoms with Gasteiger partial charge in [-0.05, 0) is 24.3 Å². The van der Waals surface area contributed by atoms with Crippen molar-refractivity contribution in [1.29, 1.82) is 0 Å². The van der Waals surface area contributed by atoms with Gasteiger partial charge in [-0.3, -0.25) is 4.79 Å². The Morgan fingerprint density at radius 1 is 1.26 bits per heavy atom. The van der Waals surface area contributed by atoms with Crippen LogP contribution in [0.15, 0.2) is 24.3 Å². The zero-order valence-corrected chi connectivity index (χ0v) is 9.92. The van der Waals surface area contributed by atoms with Crippen LogP contribution >= 0.6 is 0 Å². The SMILES string of the molecule is O=C(NCCC(F)(F)F)c1ccc(C#CCO)cc1. The molecule has 1 rings (SSSR count). The molecule has 0 atom stereocenters. The number of nitrogens with one attached hydrogen (secondary N) is 1. The summed E-state index contributed by atoms with van der Waals surface area (Å²) in [6.07, 6.45) is -5.34. The second-order valence-corrected chi connectivity index (χ2v) is 3.66. The summed E-state index contributed by atoms with van der Waals surface area (Å²) in [5.41, 5.74) is 0.873. The smallest absolute Gasteiger partial charge is 0.384 e. The van der Waals surface area contributed by atoms with Gasteiger partial charge < -0.3 is 10.4 Å². The minimum Gasteiger partial charge on any atom is -0.384 e. The standard InChI is InChI=1S/C13H12F3NO2/c14-13(15,16)7-8-17-12(19)11-5-3-10(4-6-11)2-1-9-18/h3-6,18H,7-9H2,(H,17,19). The molecule has 0 unspecified atom stereocenters. The fourth-order valence-electron chi connectivity index (χ4n) is 1.27. The summed E-state index contributed by atoms with van der Waals surface area (Å²) >= 11 is 0. The number of amides is 1. The number of benzene rings is 1. The van der Waals surface area contributed by atoms with Crippen LogP contribution in [0.3, 0.4) is 0 Å². The molecule has 0 aliphatic heterocycles. The van der Waals surface area contributed by atoms with Gasteiger partial charge in [0.15, 0.2) is 0 Å². The Kier molecular flexibility index (Phi) is 5.39. The van der Waals surface area contributed by atoms with E-state index >= 15 is 0 Å². The van der Waals surface area contributed by atoms with Crippen LogP contribution in [0.1, 0.15) is 22.3 Å². The summed E-state index contributed by atoms with van der Waals surface area (Å²) in [6, 6.07) is 6.04. The lowest BCUT2D eigenvalue weighted by atomic mass is 10.1. The van der Waals surface area contributed by atoms with Crippen molar-refractivity contribution in [2.24, 2.45) is 0 Å². The number of aliphatic hydroxyl groups excluding tert-OH is 1. The van der Waals surface area contributed by atoms with E-state index in [1.54, 1.807) is 12.1 Å². The van der Waals surface area contributed by atoms with Gasteiger partial charge >= 0.3 is 6.18 Å². The maximum atomic E-state index is 11.9. The largest absolute Gasteiger partial charge is 0.390 e. The molecule has 1 amide bonds. The van der Waals surface area contributed by atoms with Crippen molar-refractivity contribution in [1.82, 2.24) is 5.32 Å². The number of carbonyl (C=O) groups excluding carboxylic acids is 1. The quantitative estimate of drug-likeness (QED) is 0.822. The van der Waals surface area contributed by atoms with Gasteiger partial charge in [-0.1, -0.05) is 11.8 Å². The number of hydrogen-bond acceptors (Lipinski definition) is 2. The van der Waals surface area contributed by atoms with E-state index in [1.807, 2.05) is 0 Å². The summed E-state index contributed by atoms with van der Waals surface area (Å²) in [7, 11) is 0. The highest BCUT2D eigenvalue weighted by molar-refractivity contribution is 5.94. The molecule has 0 heterocycles. The minimum absolute atomic E-state index is 0.261. The number of hydrogen-bond donors (Lipinski definition) is 2. The Hall–Kier alpha value is -2.00. The lowest BCUT2D eigenvalue weighted by Gasteiger charge is -2.07. The summed E-state index contributed by atoms with van der Waals surface area (Å²) in [5.74, 6) is 4.52. The first kappa shape index (κ1) is 15.1. The monoisotopic (exact) mass is 271 g/mol. The lowest BCUT2D eigenvalue weighted by molar-refractivity contribution is -0.132. The lowest BCUT2D eigenvalue weighted by Crippen LogP contribution is -2.27. The summed E-state index contributed by atoms with van der Waals surface area (Å²) < 4.78 is 35.7. The third kappa shape index (κ3) is 5.93. The van der Waals surface area contributed by atoms with Crippen molar-refractivity contribution in [3.63, 3.8) is 0 Å². The van der Waals surface area contributed by atoms with Crippen molar-refractivity contribution in [2.75, 3.05) is 13.2 Å². The normalized spacial score (nSPS) is 10.5. The Morgan fingerprint density at radius 3 is 2.42 bits per heavy atom. The molecule has 0 aliphatic carbocycles. The van der Waals surface area contributed by atoms with Crippen molar-refractivity contribution >= 4 is 5.91 Å². The first-order chi connectivity index (χ1) is 8.92. The Labute approximate surface area is 108 Å². The van der Waals surface area contributed by atoms with Crippen molar-refractivity contribution in [2.45, 2.75) is 12.6 Å². The number of aliphatic hydroxyl groups is 1. The molecule has 1 aromatic carbocycles. The van der Waals surface area contributed by atoms with Gasteiger partial charge in [0.05, 0.1) is 6.42 Å². The first-order valence-electron chi connectivity index (χ1n) is 5.47. The predicted octanol–water partition coefficient (Wildman–Crippen LogP) is 1.71. The number of halogens is 3. The molecule has 2 N–H and O–H groups in total. The highest BCUT2D eigenvalue weighted by atomic mass is 19.4. The second-order valence-electron chi connectivity index (χ2n) is 3.66. The zero-order valence-electron chi connectivity index (χ0n) is 9.92. The molecule has 19 heavy (non-hydrogen) atoms. The molecule has 0 radical (unpaired) electrons.